The van der Waals surface area contributed by atoms with Crippen LogP contribution in [-0.2, 0) is 32.6 Å². The number of aliphatic hydroxyl groups is 1. The standard InChI is InChI=1S/C23H30FN3O5S/c1-3-26-33(31,32)21-11-6-18(7-12-21)8-13-22(29)27(17(2)23(30)25-14-15-28)16-19-4-9-20(24)10-5-19/h4-7,9-12,17,26,28H,3,8,13-16H2,1-2H3,(H,25,30). The van der Waals surface area contributed by atoms with Gasteiger partial charge in [-0.2, -0.15) is 0 Å². The molecule has 2 amide bonds. The maximum Gasteiger partial charge on any atom is 0.242 e. The van der Waals surface area contributed by atoms with Crippen LogP contribution in [0, 0.1) is 5.82 Å². The molecule has 0 saturated carbocycles. The number of aliphatic hydroxyl groups excluding tert-OH is 1. The van der Waals surface area contributed by atoms with Gasteiger partial charge < -0.3 is 15.3 Å². The summed E-state index contributed by atoms with van der Waals surface area (Å²) >= 11 is 0. The molecule has 8 nitrogen and oxygen atoms in total. The molecule has 0 spiro atoms. The number of nitrogens with zero attached hydrogens (tertiary/aromatic N) is 1. The van der Waals surface area contributed by atoms with E-state index in [1.807, 2.05) is 0 Å². The van der Waals surface area contributed by atoms with E-state index in [1.165, 1.54) is 29.2 Å². The van der Waals surface area contributed by atoms with Crippen LogP contribution < -0.4 is 10.0 Å². The van der Waals surface area contributed by atoms with Crippen LogP contribution in [0.5, 0.6) is 0 Å². The number of nitrogens with one attached hydrogen (secondary N) is 2. The van der Waals surface area contributed by atoms with Crippen LogP contribution >= 0.6 is 0 Å². The first kappa shape index (κ1) is 26.4. The molecule has 33 heavy (non-hydrogen) atoms. The highest BCUT2D eigenvalue weighted by molar-refractivity contribution is 7.89. The van der Waals surface area contributed by atoms with Crippen molar-refractivity contribution < 1.29 is 27.5 Å². The lowest BCUT2D eigenvalue weighted by molar-refractivity contribution is -0.140. The first-order valence-corrected chi connectivity index (χ1v) is 12.2. The topological polar surface area (TPSA) is 116 Å². The summed E-state index contributed by atoms with van der Waals surface area (Å²) in [4.78, 5) is 27.0. The van der Waals surface area contributed by atoms with Crippen molar-refractivity contribution in [3.8, 4) is 0 Å². The van der Waals surface area contributed by atoms with Crippen LogP contribution in [0.25, 0.3) is 0 Å². The van der Waals surface area contributed by atoms with Crippen LogP contribution in [0.1, 0.15) is 31.4 Å². The Labute approximate surface area is 193 Å². The van der Waals surface area contributed by atoms with Crippen LogP contribution in [0.2, 0.25) is 0 Å². The van der Waals surface area contributed by atoms with Gasteiger partial charge in [0.2, 0.25) is 21.8 Å². The third-order valence-electron chi connectivity index (χ3n) is 5.04. The van der Waals surface area contributed by atoms with E-state index in [4.69, 9.17) is 5.11 Å². The van der Waals surface area contributed by atoms with Gasteiger partial charge in [0.1, 0.15) is 11.9 Å². The molecule has 0 fully saturated rings. The molecule has 0 radical (unpaired) electrons. The minimum atomic E-state index is -3.55. The van der Waals surface area contributed by atoms with Crippen molar-refractivity contribution >= 4 is 21.8 Å². The van der Waals surface area contributed by atoms with Gasteiger partial charge in [-0.05, 0) is 48.7 Å². The molecule has 180 valence electrons. The summed E-state index contributed by atoms with van der Waals surface area (Å²) in [6.45, 7) is 3.54. The zero-order chi connectivity index (χ0) is 24.4. The van der Waals surface area contributed by atoms with Crippen molar-refractivity contribution in [3.63, 3.8) is 0 Å². The maximum atomic E-state index is 13.3. The van der Waals surface area contributed by atoms with Gasteiger partial charge in [-0.3, -0.25) is 9.59 Å². The number of benzene rings is 2. The third kappa shape index (κ3) is 7.92. The fraction of sp³-hybridized carbons (Fsp3) is 0.391. The van der Waals surface area contributed by atoms with Gasteiger partial charge in [-0.1, -0.05) is 31.2 Å². The third-order valence-corrected chi connectivity index (χ3v) is 6.60. The van der Waals surface area contributed by atoms with Crippen LogP contribution in [0.4, 0.5) is 4.39 Å². The number of carbonyl (C=O) groups is 2. The highest BCUT2D eigenvalue weighted by Gasteiger charge is 2.25. The van der Waals surface area contributed by atoms with Crippen LogP contribution in [-0.4, -0.2) is 56.0 Å². The lowest BCUT2D eigenvalue weighted by Crippen LogP contribution is -2.48. The SMILES string of the molecule is CCNS(=O)(=O)c1ccc(CCC(=O)N(Cc2ccc(F)cc2)C(C)C(=O)NCCO)cc1. The average Bonchev–Trinajstić information content (AvgIpc) is 2.80. The van der Waals surface area contributed by atoms with Crippen molar-refractivity contribution in [1.82, 2.24) is 14.9 Å². The molecular weight excluding hydrogens is 449 g/mol. The summed E-state index contributed by atoms with van der Waals surface area (Å²) in [5.41, 5.74) is 1.45. The normalized spacial score (nSPS) is 12.2. The van der Waals surface area contributed by atoms with Gasteiger partial charge >= 0.3 is 0 Å². The predicted octanol–water partition coefficient (Wildman–Crippen LogP) is 1.58. The number of carbonyl (C=O) groups excluding carboxylic acids is 2. The molecule has 1 atom stereocenters. The summed E-state index contributed by atoms with van der Waals surface area (Å²) in [7, 11) is -3.55. The first-order chi connectivity index (χ1) is 15.7. The number of aryl methyl sites for hydroxylation is 1. The highest BCUT2D eigenvalue weighted by Crippen LogP contribution is 2.15. The van der Waals surface area contributed by atoms with Gasteiger partial charge in [-0.15, -0.1) is 0 Å². The van der Waals surface area contributed by atoms with E-state index in [9.17, 15) is 22.4 Å². The highest BCUT2D eigenvalue weighted by atomic mass is 32.2. The zero-order valence-corrected chi connectivity index (χ0v) is 19.6. The van der Waals surface area contributed by atoms with E-state index in [-0.39, 0.29) is 43.5 Å². The van der Waals surface area contributed by atoms with E-state index >= 15 is 0 Å². The van der Waals surface area contributed by atoms with Gasteiger partial charge in [0.15, 0.2) is 0 Å². The average molecular weight is 480 g/mol. The second-order valence-corrected chi connectivity index (χ2v) is 9.25. The molecule has 0 aliphatic heterocycles. The number of halogens is 1. The molecule has 10 heteroatoms. The number of amides is 2. The molecule has 0 aromatic heterocycles. The molecule has 2 aromatic carbocycles. The molecule has 0 saturated heterocycles. The number of hydrogen-bond acceptors (Lipinski definition) is 5. The van der Waals surface area contributed by atoms with E-state index in [1.54, 1.807) is 38.1 Å². The summed E-state index contributed by atoms with van der Waals surface area (Å²) in [6.07, 6.45) is 0.448. The lowest BCUT2D eigenvalue weighted by atomic mass is 10.1. The Morgan fingerprint density at radius 2 is 1.67 bits per heavy atom. The largest absolute Gasteiger partial charge is 0.395 e. The molecule has 0 aliphatic rings. The summed E-state index contributed by atoms with van der Waals surface area (Å²) in [5, 5.41) is 11.5. The summed E-state index contributed by atoms with van der Waals surface area (Å²) in [6, 6.07) is 11.2. The van der Waals surface area contributed by atoms with E-state index in [0.717, 1.165) is 5.56 Å². The lowest BCUT2D eigenvalue weighted by Gasteiger charge is -2.29. The Kier molecular flexibility index (Phi) is 9.95. The maximum absolute atomic E-state index is 13.3. The Morgan fingerprint density at radius 1 is 1.06 bits per heavy atom. The van der Waals surface area contributed by atoms with E-state index in [2.05, 4.69) is 10.0 Å². The van der Waals surface area contributed by atoms with Crippen LogP contribution in [0.15, 0.2) is 53.4 Å². The summed E-state index contributed by atoms with van der Waals surface area (Å²) in [5.74, 6) is -1.09. The minimum Gasteiger partial charge on any atom is -0.395 e. The Bertz CT molecular complexity index is 1030. The monoisotopic (exact) mass is 479 g/mol. The summed E-state index contributed by atoms with van der Waals surface area (Å²) < 4.78 is 39.8. The molecule has 2 rings (SSSR count). The Hall–Kier alpha value is -2.82. The fourth-order valence-electron chi connectivity index (χ4n) is 3.20. The molecule has 0 aliphatic carbocycles. The van der Waals surface area contributed by atoms with Crippen molar-refractivity contribution in [1.29, 1.82) is 0 Å². The number of hydrogen-bond donors (Lipinski definition) is 3. The molecule has 3 N–H and O–H groups in total. The quantitative estimate of drug-likeness (QED) is 0.428. The van der Waals surface area contributed by atoms with Crippen LogP contribution in [0.3, 0.4) is 0 Å². The molecule has 1 unspecified atom stereocenters. The Morgan fingerprint density at radius 3 is 2.24 bits per heavy atom. The smallest absolute Gasteiger partial charge is 0.242 e. The first-order valence-electron chi connectivity index (χ1n) is 10.7. The van der Waals surface area contributed by atoms with E-state index in [0.29, 0.717) is 12.0 Å². The molecule has 0 bridgehead atoms. The molecular formula is C23H30FN3O5S. The zero-order valence-electron chi connectivity index (χ0n) is 18.8. The fourth-order valence-corrected chi connectivity index (χ4v) is 4.24. The number of sulfonamides is 1. The number of rotatable bonds is 12. The molecule has 2 aromatic rings. The predicted molar refractivity (Wildman–Crippen MR) is 122 cm³/mol. The van der Waals surface area contributed by atoms with Gasteiger partial charge in [0.05, 0.1) is 11.5 Å². The second-order valence-electron chi connectivity index (χ2n) is 7.48. The van der Waals surface area contributed by atoms with Crippen molar-refractivity contribution in [2.45, 2.75) is 44.2 Å². The van der Waals surface area contributed by atoms with Crippen molar-refractivity contribution in [2.75, 3.05) is 19.7 Å². The van der Waals surface area contributed by atoms with E-state index < -0.39 is 27.8 Å². The molecule has 0 heterocycles. The van der Waals surface area contributed by atoms with Gasteiger partial charge in [-0.25, -0.2) is 17.5 Å². The minimum absolute atomic E-state index is 0.0733. The Balaban J connectivity index is 2.11. The van der Waals surface area contributed by atoms with Gasteiger partial charge in [0, 0.05) is 26.1 Å². The van der Waals surface area contributed by atoms with Crippen molar-refractivity contribution in [3.05, 3.63) is 65.5 Å². The van der Waals surface area contributed by atoms with Gasteiger partial charge in [0.25, 0.3) is 0 Å². The second kappa shape index (κ2) is 12.4. The van der Waals surface area contributed by atoms with Crippen molar-refractivity contribution in [2.24, 2.45) is 0 Å².